The molecule has 0 saturated carbocycles. The van der Waals surface area contributed by atoms with Gasteiger partial charge in [0.1, 0.15) is 0 Å². The number of morpholine rings is 1. The van der Waals surface area contributed by atoms with E-state index in [0.717, 1.165) is 62.5 Å². The van der Waals surface area contributed by atoms with Gasteiger partial charge in [0.15, 0.2) is 5.82 Å². The number of nitrogen functional groups attached to an aromatic ring is 1. The number of nitrogens with two attached hydrogens (primary N) is 1. The first-order chi connectivity index (χ1) is 21.4. The lowest BCUT2D eigenvalue weighted by atomic mass is 10.1. The van der Waals surface area contributed by atoms with Gasteiger partial charge in [-0.1, -0.05) is 0 Å². The summed E-state index contributed by atoms with van der Waals surface area (Å²) in [6.07, 6.45) is 4.42. The number of hydrogen-bond acceptors (Lipinski definition) is 13. The topological polar surface area (TPSA) is 141 Å². The third-order valence-electron chi connectivity index (χ3n) is 8.33. The van der Waals surface area contributed by atoms with Crippen molar-refractivity contribution in [2.75, 3.05) is 112 Å². The number of hydrogen-bond donors (Lipinski definition) is 2. The van der Waals surface area contributed by atoms with Crippen LogP contribution in [0.3, 0.4) is 0 Å². The van der Waals surface area contributed by atoms with Crippen LogP contribution in [0.25, 0.3) is 11.3 Å². The molecule has 44 heavy (non-hydrogen) atoms. The Hall–Kier alpha value is -4.27. The molecule has 2 aromatic heterocycles. The van der Waals surface area contributed by atoms with Crippen LogP contribution < -0.4 is 25.9 Å². The lowest BCUT2D eigenvalue weighted by molar-refractivity contribution is 0.122. The summed E-state index contributed by atoms with van der Waals surface area (Å²) in [5, 5.41) is 4.38. The minimum Gasteiger partial charge on any atom is -0.378 e. The van der Waals surface area contributed by atoms with E-state index in [1.807, 2.05) is 24.3 Å². The molecule has 0 unspecified atom stereocenters. The number of rotatable bonds is 9. The molecule has 0 bridgehead atoms. The molecule has 0 spiro atoms. The summed E-state index contributed by atoms with van der Waals surface area (Å²) < 4.78 is 5.51. The molecular weight excluding hydrogens is 562 g/mol. The molecule has 1 aromatic carbocycles. The Morgan fingerprint density at radius 3 is 2.48 bits per heavy atom. The van der Waals surface area contributed by atoms with Gasteiger partial charge >= 0.3 is 6.09 Å². The quantitative estimate of drug-likeness (QED) is 0.368. The van der Waals surface area contributed by atoms with Crippen molar-refractivity contribution in [1.82, 2.24) is 29.7 Å². The average Bonchev–Trinajstić information content (AvgIpc) is 3.45. The molecule has 0 radical (unpaired) electrons. The minimum atomic E-state index is -0.588. The number of carbonyl (C=O) groups is 1. The Morgan fingerprint density at radius 1 is 1.02 bits per heavy atom. The fourth-order valence-corrected chi connectivity index (χ4v) is 5.68. The number of nitrogens with one attached hydrogen (secondary N) is 1. The van der Waals surface area contributed by atoms with Crippen LogP contribution >= 0.6 is 0 Å². The molecule has 1 amide bonds. The van der Waals surface area contributed by atoms with Crippen molar-refractivity contribution in [2.24, 2.45) is 0 Å². The SMILES string of the molecule is CN1CCN(CCCN(C)c2ccc(NC(=O)ON3CCc4c(-c5cnc(N)nc5)nc(N5CCOCC5)nc43)cc2)CC1. The highest BCUT2D eigenvalue weighted by molar-refractivity contribution is 5.86. The third kappa shape index (κ3) is 7.09. The fraction of sp³-hybridized carbons (Fsp3) is 0.500. The minimum absolute atomic E-state index is 0.190. The van der Waals surface area contributed by atoms with Crippen LogP contribution in [-0.4, -0.2) is 122 Å². The van der Waals surface area contributed by atoms with Crippen molar-refractivity contribution >= 4 is 35.2 Å². The lowest BCUT2D eigenvalue weighted by Crippen LogP contribution is -2.45. The summed E-state index contributed by atoms with van der Waals surface area (Å²) >= 11 is 0. The van der Waals surface area contributed by atoms with E-state index < -0.39 is 6.09 Å². The van der Waals surface area contributed by atoms with E-state index in [-0.39, 0.29) is 5.95 Å². The second kappa shape index (κ2) is 13.6. The third-order valence-corrected chi connectivity index (χ3v) is 8.33. The number of benzene rings is 1. The molecular formula is C30H41N11O3. The molecule has 2 saturated heterocycles. The van der Waals surface area contributed by atoms with Gasteiger partial charge in [-0.2, -0.15) is 10.0 Å². The van der Waals surface area contributed by atoms with Gasteiger partial charge in [-0.05, 0) is 50.7 Å². The van der Waals surface area contributed by atoms with Gasteiger partial charge in [0.25, 0.3) is 0 Å². The highest BCUT2D eigenvalue weighted by atomic mass is 16.7. The average molecular weight is 604 g/mol. The number of amides is 1. The van der Waals surface area contributed by atoms with Crippen LogP contribution in [0, 0.1) is 0 Å². The van der Waals surface area contributed by atoms with Gasteiger partial charge < -0.3 is 34.9 Å². The van der Waals surface area contributed by atoms with E-state index in [0.29, 0.717) is 62.4 Å². The predicted octanol–water partition coefficient (Wildman–Crippen LogP) is 1.95. The van der Waals surface area contributed by atoms with Crippen LogP contribution in [0.4, 0.5) is 33.9 Å². The van der Waals surface area contributed by atoms with Crippen molar-refractivity contribution in [1.29, 1.82) is 0 Å². The van der Waals surface area contributed by atoms with Gasteiger partial charge in [0.2, 0.25) is 11.9 Å². The number of fused-ring (bicyclic) bond motifs is 1. The van der Waals surface area contributed by atoms with E-state index in [1.165, 1.54) is 5.06 Å². The Kier molecular flexibility index (Phi) is 9.19. The molecule has 234 valence electrons. The first kappa shape index (κ1) is 29.8. The number of anilines is 5. The summed E-state index contributed by atoms with van der Waals surface area (Å²) in [6.45, 7) is 9.60. The van der Waals surface area contributed by atoms with Crippen molar-refractivity contribution in [3.8, 4) is 11.3 Å². The number of hydroxylamine groups is 1. The second-order valence-electron chi connectivity index (χ2n) is 11.4. The molecule has 14 heteroatoms. The van der Waals surface area contributed by atoms with E-state index >= 15 is 0 Å². The fourth-order valence-electron chi connectivity index (χ4n) is 5.68. The lowest BCUT2D eigenvalue weighted by Gasteiger charge is -2.32. The molecule has 3 aliphatic rings. The monoisotopic (exact) mass is 603 g/mol. The van der Waals surface area contributed by atoms with Crippen LogP contribution in [0.5, 0.6) is 0 Å². The summed E-state index contributed by atoms with van der Waals surface area (Å²) in [5.41, 5.74) is 9.76. The van der Waals surface area contributed by atoms with Crippen molar-refractivity contribution in [3.63, 3.8) is 0 Å². The first-order valence-electron chi connectivity index (χ1n) is 15.2. The number of likely N-dealkylation sites (N-methyl/N-ethyl adjacent to an activating group) is 1. The van der Waals surface area contributed by atoms with Crippen molar-refractivity contribution in [2.45, 2.75) is 12.8 Å². The normalized spacial score (nSPS) is 17.4. The number of carbonyl (C=O) groups excluding carboxylic acids is 1. The maximum atomic E-state index is 13.0. The predicted molar refractivity (Wildman–Crippen MR) is 170 cm³/mol. The van der Waals surface area contributed by atoms with E-state index in [4.69, 9.17) is 25.3 Å². The van der Waals surface area contributed by atoms with Gasteiger partial charge in [-0.15, -0.1) is 0 Å². The standard InChI is InChI=1S/C30H41N11O3/c1-37-12-14-39(15-13-37)10-3-9-38(2)24-6-4-23(5-7-24)34-30(42)44-41-11-8-25-26(22-20-32-28(31)33-21-22)35-29(36-27(25)41)40-16-18-43-19-17-40/h4-7,20-21H,3,8-19H2,1-2H3,(H,34,42)(H2,31,32,33). The smallest absolute Gasteiger partial charge is 0.378 e. The molecule has 3 aliphatic heterocycles. The Bertz CT molecular complexity index is 1410. The van der Waals surface area contributed by atoms with Crippen LogP contribution in [0.2, 0.25) is 0 Å². The largest absolute Gasteiger partial charge is 0.436 e. The Balaban J connectivity index is 1.08. The van der Waals surface area contributed by atoms with Gasteiger partial charge in [0.05, 0.1) is 25.5 Å². The first-order valence-corrected chi connectivity index (χ1v) is 15.2. The Labute approximate surface area is 257 Å². The maximum absolute atomic E-state index is 13.0. The highest BCUT2D eigenvalue weighted by Crippen LogP contribution is 2.35. The number of nitrogens with zero attached hydrogens (tertiary/aromatic N) is 9. The summed E-state index contributed by atoms with van der Waals surface area (Å²) in [5.74, 6) is 1.28. The van der Waals surface area contributed by atoms with E-state index in [2.05, 4.69) is 49.0 Å². The molecule has 0 atom stereocenters. The summed E-state index contributed by atoms with van der Waals surface area (Å²) in [6, 6.07) is 7.81. The Morgan fingerprint density at radius 2 is 1.75 bits per heavy atom. The van der Waals surface area contributed by atoms with Gasteiger partial charge in [-0.25, -0.2) is 19.7 Å². The van der Waals surface area contributed by atoms with Crippen LogP contribution in [0.15, 0.2) is 36.7 Å². The van der Waals surface area contributed by atoms with Crippen molar-refractivity contribution in [3.05, 3.63) is 42.2 Å². The maximum Gasteiger partial charge on any atom is 0.436 e. The van der Waals surface area contributed by atoms with E-state index in [9.17, 15) is 4.79 Å². The van der Waals surface area contributed by atoms with Crippen LogP contribution in [-0.2, 0) is 16.0 Å². The molecule has 2 fully saturated rings. The highest BCUT2D eigenvalue weighted by Gasteiger charge is 2.31. The molecule has 3 aromatic rings. The van der Waals surface area contributed by atoms with Gasteiger partial charge in [0, 0.05) is 87.8 Å². The molecule has 5 heterocycles. The number of aromatic nitrogens is 4. The van der Waals surface area contributed by atoms with Crippen LogP contribution in [0.1, 0.15) is 12.0 Å². The zero-order chi connectivity index (χ0) is 30.5. The molecule has 14 nitrogen and oxygen atoms in total. The zero-order valence-electron chi connectivity index (χ0n) is 25.5. The zero-order valence-corrected chi connectivity index (χ0v) is 25.5. The molecule has 0 aliphatic carbocycles. The summed E-state index contributed by atoms with van der Waals surface area (Å²) in [4.78, 5) is 46.0. The number of piperazine rings is 1. The molecule has 6 rings (SSSR count). The molecule has 3 N–H and O–H groups in total. The summed E-state index contributed by atoms with van der Waals surface area (Å²) in [7, 11) is 4.28. The number of ether oxygens (including phenoxy) is 1. The second-order valence-corrected chi connectivity index (χ2v) is 11.4. The van der Waals surface area contributed by atoms with Gasteiger partial charge in [-0.3, -0.25) is 5.32 Å². The van der Waals surface area contributed by atoms with E-state index in [1.54, 1.807) is 12.4 Å². The van der Waals surface area contributed by atoms with Crippen molar-refractivity contribution < 1.29 is 14.4 Å².